The number of imidazole rings is 1. The molecule has 124 valence electrons. The van der Waals surface area contributed by atoms with Crippen LogP contribution in [0.5, 0.6) is 11.5 Å². The van der Waals surface area contributed by atoms with Crippen LogP contribution in [0.15, 0.2) is 48.8 Å². The van der Waals surface area contributed by atoms with Crippen molar-refractivity contribution in [3.8, 4) is 11.5 Å². The molecule has 24 heavy (non-hydrogen) atoms. The highest BCUT2D eigenvalue weighted by Crippen LogP contribution is 2.16. The van der Waals surface area contributed by atoms with Crippen LogP contribution in [0.1, 0.15) is 16.1 Å². The van der Waals surface area contributed by atoms with E-state index in [1.165, 1.54) is 0 Å². The lowest BCUT2D eigenvalue weighted by atomic mass is 10.2. The number of ether oxygens (including phenoxy) is 2. The maximum atomic E-state index is 12.2. The lowest BCUT2D eigenvalue weighted by Crippen LogP contribution is -2.28. The lowest BCUT2D eigenvalue weighted by molar-refractivity contribution is 0.0947. The average Bonchev–Trinajstić information content (AvgIpc) is 2.98. The number of hydrogen-bond donors (Lipinski definition) is 1. The van der Waals surface area contributed by atoms with Gasteiger partial charge in [-0.15, -0.1) is 0 Å². The van der Waals surface area contributed by atoms with E-state index in [1.54, 1.807) is 19.2 Å². The number of rotatable bonds is 6. The van der Waals surface area contributed by atoms with Crippen molar-refractivity contribution in [2.45, 2.75) is 6.92 Å². The Morgan fingerprint density at radius 3 is 2.71 bits per heavy atom. The predicted molar refractivity (Wildman–Crippen MR) is 90.8 cm³/mol. The van der Waals surface area contributed by atoms with Crippen LogP contribution in [0.3, 0.4) is 0 Å². The van der Waals surface area contributed by atoms with E-state index in [1.807, 2.05) is 48.0 Å². The number of carbonyl (C=O) groups excluding carboxylic acids is 1. The average molecular weight is 325 g/mol. The fourth-order valence-electron chi connectivity index (χ4n) is 2.36. The Hall–Kier alpha value is -3.02. The SMILES string of the molecule is COc1ccc(OCCNC(=O)c2ccn3cc(C)nc3c2)cc1. The van der Waals surface area contributed by atoms with Gasteiger partial charge in [0, 0.05) is 18.0 Å². The molecule has 1 amide bonds. The molecule has 1 N–H and O–H groups in total. The van der Waals surface area contributed by atoms with Gasteiger partial charge in [-0.1, -0.05) is 0 Å². The number of carbonyl (C=O) groups is 1. The highest BCUT2D eigenvalue weighted by Gasteiger charge is 2.07. The molecule has 1 aromatic carbocycles. The molecule has 6 nitrogen and oxygen atoms in total. The number of aryl methyl sites for hydroxylation is 1. The smallest absolute Gasteiger partial charge is 0.251 e. The monoisotopic (exact) mass is 325 g/mol. The van der Waals surface area contributed by atoms with Crippen LogP contribution in [0.4, 0.5) is 0 Å². The first-order chi connectivity index (χ1) is 11.7. The molecule has 0 aliphatic carbocycles. The van der Waals surface area contributed by atoms with Gasteiger partial charge in [0.2, 0.25) is 0 Å². The molecule has 0 radical (unpaired) electrons. The third kappa shape index (κ3) is 3.65. The molecule has 0 unspecified atom stereocenters. The molecule has 2 aromatic heterocycles. The van der Waals surface area contributed by atoms with E-state index in [4.69, 9.17) is 9.47 Å². The summed E-state index contributed by atoms with van der Waals surface area (Å²) >= 11 is 0. The van der Waals surface area contributed by atoms with E-state index in [2.05, 4.69) is 10.3 Å². The maximum absolute atomic E-state index is 12.2. The van der Waals surface area contributed by atoms with Gasteiger partial charge < -0.3 is 19.2 Å². The minimum atomic E-state index is -0.142. The first kappa shape index (κ1) is 15.9. The summed E-state index contributed by atoms with van der Waals surface area (Å²) in [5.74, 6) is 1.37. The first-order valence-electron chi connectivity index (χ1n) is 7.66. The topological polar surface area (TPSA) is 64.9 Å². The summed E-state index contributed by atoms with van der Waals surface area (Å²) < 4.78 is 12.6. The highest BCUT2D eigenvalue weighted by atomic mass is 16.5. The van der Waals surface area contributed by atoms with Crippen LogP contribution in [0, 0.1) is 6.92 Å². The molecule has 0 spiro atoms. The third-order valence-electron chi connectivity index (χ3n) is 3.56. The lowest BCUT2D eigenvalue weighted by Gasteiger charge is -2.08. The zero-order chi connectivity index (χ0) is 16.9. The van der Waals surface area contributed by atoms with Crippen LogP contribution >= 0.6 is 0 Å². The second kappa shape index (κ2) is 7.04. The minimum Gasteiger partial charge on any atom is -0.497 e. The fourth-order valence-corrected chi connectivity index (χ4v) is 2.36. The quantitative estimate of drug-likeness (QED) is 0.707. The fraction of sp³-hybridized carbons (Fsp3) is 0.222. The number of amides is 1. The number of aromatic nitrogens is 2. The van der Waals surface area contributed by atoms with Crippen molar-refractivity contribution in [3.05, 3.63) is 60.0 Å². The zero-order valence-electron chi connectivity index (χ0n) is 13.7. The molecule has 0 bridgehead atoms. The number of hydrogen-bond acceptors (Lipinski definition) is 4. The van der Waals surface area contributed by atoms with Crippen LogP contribution in [0.25, 0.3) is 5.65 Å². The summed E-state index contributed by atoms with van der Waals surface area (Å²) in [5.41, 5.74) is 2.26. The number of nitrogens with one attached hydrogen (secondary N) is 1. The van der Waals surface area contributed by atoms with Gasteiger partial charge in [-0.3, -0.25) is 4.79 Å². The molecular formula is C18H19N3O3. The van der Waals surface area contributed by atoms with Crippen LogP contribution in [-0.4, -0.2) is 35.6 Å². The number of fused-ring (bicyclic) bond motifs is 1. The molecular weight excluding hydrogens is 306 g/mol. The summed E-state index contributed by atoms with van der Waals surface area (Å²) in [6.45, 7) is 2.73. The van der Waals surface area contributed by atoms with E-state index in [-0.39, 0.29) is 5.91 Å². The molecule has 0 aliphatic rings. The van der Waals surface area contributed by atoms with Crippen molar-refractivity contribution in [2.24, 2.45) is 0 Å². The van der Waals surface area contributed by atoms with Gasteiger partial charge in [0.1, 0.15) is 23.8 Å². The number of benzene rings is 1. The second-order valence-electron chi connectivity index (χ2n) is 5.34. The summed E-state index contributed by atoms with van der Waals surface area (Å²) in [6, 6.07) is 10.9. The van der Waals surface area contributed by atoms with E-state index in [9.17, 15) is 4.79 Å². The first-order valence-corrected chi connectivity index (χ1v) is 7.66. The number of methoxy groups -OCH3 is 1. The largest absolute Gasteiger partial charge is 0.497 e. The Bertz CT molecular complexity index is 840. The summed E-state index contributed by atoms with van der Waals surface area (Å²) in [6.07, 6.45) is 3.75. The van der Waals surface area contributed by atoms with Crippen molar-refractivity contribution in [2.75, 3.05) is 20.3 Å². The normalized spacial score (nSPS) is 10.6. The molecule has 0 aliphatic heterocycles. The van der Waals surface area contributed by atoms with Gasteiger partial charge >= 0.3 is 0 Å². The Balaban J connectivity index is 1.50. The summed E-state index contributed by atoms with van der Waals surface area (Å²) in [5, 5.41) is 2.84. The Morgan fingerprint density at radius 1 is 1.21 bits per heavy atom. The Labute approximate surface area is 140 Å². The van der Waals surface area contributed by atoms with Crippen LogP contribution in [-0.2, 0) is 0 Å². The van der Waals surface area contributed by atoms with E-state index >= 15 is 0 Å². The standard InChI is InChI=1S/C18H19N3O3/c1-13-12-21-9-7-14(11-17(21)20-13)18(22)19-8-10-24-16-5-3-15(23-2)4-6-16/h3-7,9,11-12H,8,10H2,1-2H3,(H,19,22). The van der Waals surface area contributed by atoms with E-state index in [0.717, 1.165) is 22.8 Å². The van der Waals surface area contributed by atoms with E-state index < -0.39 is 0 Å². The number of nitrogens with zero attached hydrogens (tertiary/aromatic N) is 2. The Kier molecular flexibility index (Phi) is 4.65. The van der Waals surface area contributed by atoms with Crippen LogP contribution < -0.4 is 14.8 Å². The molecule has 3 rings (SSSR count). The van der Waals surface area contributed by atoms with Crippen LogP contribution in [0.2, 0.25) is 0 Å². The third-order valence-corrected chi connectivity index (χ3v) is 3.56. The zero-order valence-corrected chi connectivity index (χ0v) is 13.7. The maximum Gasteiger partial charge on any atom is 0.251 e. The molecule has 0 saturated heterocycles. The molecule has 6 heteroatoms. The van der Waals surface area contributed by atoms with Crippen molar-refractivity contribution < 1.29 is 14.3 Å². The molecule has 2 heterocycles. The highest BCUT2D eigenvalue weighted by molar-refractivity contribution is 5.95. The van der Waals surface area contributed by atoms with Crippen molar-refractivity contribution in [3.63, 3.8) is 0 Å². The van der Waals surface area contributed by atoms with Gasteiger partial charge in [0.15, 0.2) is 0 Å². The molecule has 0 saturated carbocycles. The molecule has 0 fully saturated rings. The predicted octanol–water partition coefficient (Wildman–Crippen LogP) is 2.46. The van der Waals surface area contributed by atoms with Gasteiger partial charge in [0.05, 0.1) is 19.3 Å². The summed E-state index contributed by atoms with van der Waals surface area (Å²) in [4.78, 5) is 16.5. The van der Waals surface area contributed by atoms with Gasteiger partial charge in [-0.2, -0.15) is 0 Å². The van der Waals surface area contributed by atoms with Gasteiger partial charge in [-0.05, 0) is 43.3 Å². The van der Waals surface area contributed by atoms with Crippen molar-refractivity contribution >= 4 is 11.6 Å². The van der Waals surface area contributed by atoms with Gasteiger partial charge in [-0.25, -0.2) is 4.98 Å². The molecule has 3 aromatic rings. The van der Waals surface area contributed by atoms with Crippen molar-refractivity contribution in [1.82, 2.24) is 14.7 Å². The van der Waals surface area contributed by atoms with Crippen molar-refractivity contribution in [1.29, 1.82) is 0 Å². The Morgan fingerprint density at radius 2 is 1.96 bits per heavy atom. The minimum absolute atomic E-state index is 0.142. The molecule has 0 atom stereocenters. The van der Waals surface area contributed by atoms with E-state index in [0.29, 0.717) is 18.7 Å². The second-order valence-corrected chi connectivity index (χ2v) is 5.34. The number of pyridine rings is 1. The summed E-state index contributed by atoms with van der Waals surface area (Å²) in [7, 11) is 1.62. The van der Waals surface area contributed by atoms with Gasteiger partial charge in [0.25, 0.3) is 5.91 Å².